The lowest BCUT2D eigenvalue weighted by atomic mass is 9.87. The van der Waals surface area contributed by atoms with Crippen LogP contribution < -0.4 is 5.32 Å². The van der Waals surface area contributed by atoms with E-state index in [1.165, 1.54) is 29.0 Å². The number of hydrogen-bond donors (Lipinski definition) is 1. The molecule has 0 bridgehead atoms. The second-order valence-corrected chi connectivity index (χ2v) is 12.2. The van der Waals surface area contributed by atoms with Gasteiger partial charge in [0, 0.05) is 11.6 Å². The van der Waals surface area contributed by atoms with E-state index in [0.717, 1.165) is 15.9 Å². The van der Waals surface area contributed by atoms with E-state index in [0.29, 0.717) is 10.9 Å². The molecule has 9 heteroatoms. The molecule has 1 amide bonds. The quantitative estimate of drug-likeness (QED) is 0.425. The summed E-state index contributed by atoms with van der Waals surface area (Å²) in [6, 6.07) is 14.0. The maximum Gasteiger partial charge on any atom is 0.256 e. The first-order valence-corrected chi connectivity index (χ1v) is 13.1. The number of hydrogen-bond acceptors (Lipinski definition) is 6. The van der Waals surface area contributed by atoms with E-state index in [-0.39, 0.29) is 21.6 Å². The fraction of sp³-hybridized carbons (Fsp3) is 0.292. The second-order valence-electron chi connectivity index (χ2n) is 8.90. The number of aromatic nitrogens is 3. The molecule has 1 N–H and O–H groups in total. The van der Waals surface area contributed by atoms with Gasteiger partial charge in [-0.15, -0.1) is 0 Å². The lowest BCUT2D eigenvalue weighted by Crippen LogP contribution is -2.16. The summed E-state index contributed by atoms with van der Waals surface area (Å²) in [6.45, 7) is 9.92. The van der Waals surface area contributed by atoms with Gasteiger partial charge in [0.2, 0.25) is 5.13 Å². The number of benzene rings is 2. The van der Waals surface area contributed by atoms with Crippen molar-refractivity contribution in [2.75, 3.05) is 11.1 Å². The van der Waals surface area contributed by atoms with Crippen LogP contribution in [0.2, 0.25) is 0 Å². The molecule has 7 nitrogen and oxygen atoms in total. The van der Waals surface area contributed by atoms with Gasteiger partial charge in [-0.1, -0.05) is 51.2 Å². The number of rotatable bonds is 5. The zero-order valence-electron chi connectivity index (χ0n) is 19.2. The first kappa shape index (κ1) is 23.1. The molecular weight excluding hydrogens is 456 g/mol. The van der Waals surface area contributed by atoms with Gasteiger partial charge < -0.3 is 5.32 Å². The van der Waals surface area contributed by atoms with Crippen molar-refractivity contribution in [3.63, 3.8) is 0 Å². The molecule has 0 atom stereocenters. The van der Waals surface area contributed by atoms with E-state index in [1.807, 2.05) is 13.0 Å². The molecule has 0 aliphatic rings. The molecule has 0 unspecified atom stereocenters. The highest BCUT2D eigenvalue weighted by Gasteiger charge is 2.19. The largest absolute Gasteiger partial charge is 0.306 e. The summed E-state index contributed by atoms with van der Waals surface area (Å²) in [4.78, 5) is 17.8. The molecule has 0 aliphatic heterocycles. The minimum absolute atomic E-state index is 0.0273. The summed E-state index contributed by atoms with van der Waals surface area (Å²) >= 11 is 1.50. The summed E-state index contributed by atoms with van der Waals surface area (Å²) in [6.07, 6.45) is 0. The molecule has 33 heavy (non-hydrogen) atoms. The highest BCUT2D eigenvalue weighted by Crippen LogP contribution is 2.31. The van der Waals surface area contributed by atoms with E-state index in [9.17, 15) is 13.2 Å². The van der Waals surface area contributed by atoms with Gasteiger partial charge in [-0.25, -0.2) is 13.4 Å². The topological polar surface area (TPSA) is 94.0 Å². The van der Waals surface area contributed by atoms with Crippen LogP contribution in [0.5, 0.6) is 0 Å². The van der Waals surface area contributed by atoms with Gasteiger partial charge in [-0.2, -0.15) is 9.78 Å². The average Bonchev–Trinajstić information content (AvgIpc) is 3.35. The van der Waals surface area contributed by atoms with Crippen molar-refractivity contribution in [1.29, 1.82) is 0 Å². The fourth-order valence-corrected chi connectivity index (χ4v) is 5.29. The molecule has 0 radical (unpaired) electrons. The third kappa shape index (κ3) is 4.69. The molecule has 2 aromatic carbocycles. The molecule has 4 rings (SSSR count). The van der Waals surface area contributed by atoms with Crippen LogP contribution in [0.1, 0.15) is 49.3 Å². The van der Waals surface area contributed by atoms with Crippen molar-refractivity contribution in [3.8, 4) is 5.13 Å². The Bertz CT molecular complexity index is 1460. The molecule has 172 valence electrons. The predicted molar refractivity (Wildman–Crippen MR) is 132 cm³/mol. The van der Waals surface area contributed by atoms with E-state index in [4.69, 9.17) is 4.98 Å². The normalized spacial score (nSPS) is 12.3. The van der Waals surface area contributed by atoms with Crippen molar-refractivity contribution in [2.45, 2.75) is 44.9 Å². The Morgan fingerprint density at radius 2 is 1.88 bits per heavy atom. The molecule has 2 aromatic heterocycles. The summed E-state index contributed by atoms with van der Waals surface area (Å²) in [5, 5.41) is 8.01. The number of aryl methyl sites for hydroxylation is 1. The molecule has 0 spiro atoms. The summed E-state index contributed by atoms with van der Waals surface area (Å²) in [5.41, 5.74) is 3.10. The number of nitrogens with one attached hydrogen (secondary N) is 1. The molecule has 4 aromatic rings. The third-order valence-electron chi connectivity index (χ3n) is 5.33. The first-order chi connectivity index (χ1) is 15.5. The van der Waals surface area contributed by atoms with E-state index in [1.54, 1.807) is 29.8 Å². The number of fused-ring (bicyclic) bond motifs is 1. The van der Waals surface area contributed by atoms with Crippen LogP contribution in [0, 0.1) is 6.92 Å². The summed E-state index contributed by atoms with van der Waals surface area (Å²) in [5.74, 6) is 0.0234. The average molecular weight is 483 g/mol. The van der Waals surface area contributed by atoms with E-state index >= 15 is 0 Å². The van der Waals surface area contributed by atoms with Gasteiger partial charge in [0.15, 0.2) is 9.84 Å². The second kappa shape index (κ2) is 8.39. The minimum Gasteiger partial charge on any atom is -0.306 e. The number of amides is 1. The maximum absolute atomic E-state index is 12.9. The van der Waals surface area contributed by atoms with Crippen LogP contribution in [0.3, 0.4) is 0 Å². The predicted octanol–water partition coefficient (Wildman–Crippen LogP) is 5.13. The zero-order chi connectivity index (χ0) is 24.0. The van der Waals surface area contributed by atoms with Gasteiger partial charge in [0.05, 0.1) is 26.6 Å². The number of sulfone groups is 1. The smallest absolute Gasteiger partial charge is 0.256 e. The van der Waals surface area contributed by atoms with Crippen molar-refractivity contribution >= 4 is 43.1 Å². The van der Waals surface area contributed by atoms with Crippen molar-refractivity contribution in [1.82, 2.24) is 14.8 Å². The van der Waals surface area contributed by atoms with Crippen LogP contribution in [0.15, 0.2) is 53.4 Å². The van der Waals surface area contributed by atoms with E-state index in [2.05, 4.69) is 43.3 Å². The Labute approximate surface area is 197 Å². The highest BCUT2D eigenvalue weighted by molar-refractivity contribution is 7.91. The SMILES string of the molecule is CCS(=O)(=O)c1cccc(C(=O)Nc2cc(C)nn2-c2nc3ccc(C(C)(C)C)cc3s2)c1. The lowest BCUT2D eigenvalue weighted by Gasteiger charge is -2.18. The summed E-state index contributed by atoms with van der Waals surface area (Å²) < 4.78 is 27.0. The monoisotopic (exact) mass is 482 g/mol. The van der Waals surface area contributed by atoms with Crippen molar-refractivity contribution < 1.29 is 13.2 Å². The molecule has 0 saturated heterocycles. The Morgan fingerprint density at radius 3 is 2.58 bits per heavy atom. The molecular formula is C24H26N4O3S2. The van der Waals surface area contributed by atoms with Gasteiger partial charge >= 0.3 is 0 Å². The van der Waals surface area contributed by atoms with Crippen LogP contribution in [0.25, 0.3) is 15.3 Å². The maximum atomic E-state index is 12.9. The fourth-order valence-electron chi connectivity index (χ4n) is 3.39. The molecule has 2 heterocycles. The van der Waals surface area contributed by atoms with Gasteiger partial charge in [-0.05, 0) is 48.2 Å². The Kier molecular flexibility index (Phi) is 5.88. The highest BCUT2D eigenvalue weighted by atomic mass is 32.2. The number of carbonyl (C=O) groups excluding carboxylic acids is 1. The Morgan fingerprint density at radius 1 is 1.12 bits per heavy atom. The van der Waals surface area contributed by atoms with E-state index < -0.39 is 15.7 Å². The number of thiazole rings is 1. The number of anilines is 1. The van der Waals surface area contributed by atoms with Crippen LogP contribution in [-0.4, -0.2) is 34.8 Å². The van der Waals surface area contributed by atoms with Crippen LogP contribution in [0.4, 0.5) is 5.82 Å². The number of nitrogens with zero attached hydrogens (tertiary/aromatic N) is 3. The molecule has 0 aliphatic carbocycles. The first-order valence-electron chi connectivity index (χ1n) is 10.6. The number of carbonyl (C=O) groups is 1. The van der Waals surface area contributed by atoms with Crippen molar-refractivity contribution in [3.05, 3.63) is 65.4 Å². The van der Waals surface area contributed by atoms with Gasteiger partial charge in [0.25, 0.3) is 5.91 Å². The standard InChI is InChI=1S/C24H26N4O3S2/c1-6-33(30,31)18-9-7-8-16(13-18)22(29)26-21-12-15(2)27-28(21)23-25-19-11-10-17(24(3,4)5)14-20(19)32-23/h7-14H,6H2,1-5H3,(H,26,29). The lowest BCUT2D eigenvalue weighted by molar-refractivity contribution is 0.102. The molecule has 0 saturated carbocycles. The molecule has 0 fully saturated rings. The van der Waals surface area contributed by atoms with Gasteiger partial charge in [-0.3, -0.25) is 4.79 Å². The van der Waals surface area contributed by atoms with Gasteiger partial charge in [0.1, 0.15) is 5.82 Å². The van der Waals surface area contributed by atoms with Crippen LogP contribution in [-0.2, 0) is 15.3 Å². The minimum atomic E-state index is -3.41. The summed E-state index contributed by atoms with van der Waals surface area (Å²) in [7, 11) is -3.41. The zero-order valence-corrected chi connectivity index (χ0v) is 20.8. The third-order valence-corrected chi connectivity index (χ3v) is 8.06. The van der Waals surface area contributed by atoms with Crippen LogP contribution >= 0.6 is 11.3 Å². The Hall–Kier alpha value is -3.04. The Balaban J connectivity index is 1.68. The van der Waals surface area contributed by atoms with Crippen molar-refractivity contribution in [2.24, 2.45) is 0 Å².